The van der Waals surface area contributed by atoms with Gasteiger partial charge in [0.25, 0.3) is 0 Å². The molecule has 0 saturated carbocycles. The van der Waals surface area contributed by atoms with Crippen LogP contribution in [0.3, 0.4) is 0 Å². The second kappa shape index (κ2) is 4.69. The minimum absolute atomic E-state index is 0. The van der Waals surface area contributed by atoms with E-state index >= 15 is 0 Å². The predicted molar refractivity (Wildman–Crippen MR) is 50.4 cm³/mol. The summed E-state index contributed by atoms with van der Waals surface area (Å²) in [4.78, 5) is 11.2. The van der Waals surface area contributed by atoms with Gasteiger partial charge in [-0.25, -0.2) is 0 Å². The zero-order valence-electron chi connectivity index (χ0n) is 9.50. The summed E-state index contributed by atoms with van der Waals surface area (Å²) in [5.41, 5.74) is 4.61. The Kier molecular flexibility index (Phi) is 2.59. The van der Waals surface area contributed by atoms with Crippen LogP contribution in [0.5, 0.6) is 11.5 Å². The van der Waals surface area contributed by atoms with E-state index in [0.717, 1.165) is 0 Å². The lowest BCUT2D eigenvalue weighted by Crippen LogP contribution is -2.13. The Labute approximate surface area is 85.6 Å². The minimum atomic E-state index is -0.882. The highest BCUT2D eigenvalue weighted by Gasteiger charge is 2.05. The van der Waals surface area contributed by atoms with Crippen LogP contribution in [0.1, 0.15) is 14.5 Å². The van der Waals surface area contributed by atoms with Gasteiger partial charge in [-0.1, -0.05) is 0 Å². The quantitative estimate of drug-likeness (QED) is 0.490. The van der Waals surface area contributed by atoms with E-state index in [1.54, 1.807) is 0 Å². The van der Waals surface area contributed by atoms with E-state index in [-0.39, 0.29) is 12.4 Å². The Morgan fingerprint density at radius 3 is 2.62 bits per heavy atom. The fourth-order valence-electron chi connectivity index (χ4n) is 0.631. The molecule has 0 fully saturated rings. The zero-order chi connectivity index (χ0) is 11.7. The Morgan fingerprint density at radius 2 is 2.08 bits per heavy atom. The van der Waals surface area contributed by atoms with Crippen LogP contribution in [0.25, 0.3) is 0 Å². The molecule has 0 aliphatic carbocycles. The number of hydrogen-bond donors (Lipinski definition) is 3. The molecule has 4 N–H and O–H groups in total. The van der Waals surface area contributed by atoms with Crippen LogP contribution in [-0.2, 0) is 0 Å². The highest BCUT2D eigenvalue weighted by molar-refractivity contribution is 5.98. The van der Waals surface area contributed by atoms with E-state index in [4.69, 9.17) is 15.0 Å². The van der Waals surface area contributed by atoms with E-state index < -0.39 is 47.5 Å². The molecular formula is C8H10ClNO3. The summed E-state index contributed by atoms with van der Waals surface area (Å²) in [7, 11) is 0. The molecule has 0 aliphatic rings. The van der Waals surface area contributed by atoms with Crippen molar-refractivity contribution < 1.29 is 19.1 Å². The molecule has 0 aliphatic heterocycles. The standard InChI is InChI=1S/C8H9NO3.ClH/c9-4-8(12)5-1-2-6(10)7(11)3-5;/h1-3,10-11H,4,9H2;1H/i1D,2D,3D;. The molecular weight excluding hydrogens is 194 g/mol. The molecule has 0 saturated heterocycles. The number of ketones is 1. The third kappa shape index (κ3) is 2.61. The van der Waals surface area contributed by atoms with Gasteiger partial charge in [0, 0.05) is 5.56 Å². The molecule has 0 spiro atoms. The van der Waals surface area contributed by atoms with E-state index in [9.17, 15) is 9.90 Å². The van der Waals surface area contributed by atoms with Crippen molar-refractivity contribution in [2.24, 2.45) is 5.73 Å². The smallest absolute Gasteiger partial charge is 0.176 e. The molecule has 0 radical (unpaired) electrons. The minimum Gasteiger partial charge on any atom is -0.504 e. The molecule has 0 atom stereocenters. The van der Waals surface area contributed by atoms with Crippen LogP contribution in [0.4, 0.5) is 0 Å². The molecule has 1 aromatic rings. The van der Waals surface area contributed by atoms with Crippen LogP contribution in [-0.4, -0.2) is 22.5 Å². The number of phenols is 2. The largest absolute Gasteiger partial charge is 0.504 e. The summed E-state index contributed by atoms with van der Waals surface area (Å²) in [6, 6.07) is -1.98. The fraction of sp³-hybridized carbons (Fsp3) is 0.125. The SMILES string of the molecule is Cl.[2H]c1c([2H])c(C(=O)CN)c([2H])c(O)c1O. The predicted octanol–water partition coefficient (Wildman–Crippen LogP) is 0.661. The summed E-state index contributed by atoms with van der Waals surface area (Å²) in [5.74, 6) is -2.49. The van der Waals surface area contributed by atoms with E-state index in [0.29, 0.717) is 0 Å². The maximum absolute atomic E-state index is 11.2. The molecule has 0 bridgehead atoms. The van der Waals surface area contributed by atoms with Gasteiger partial charge in [0.05, 0.1) is 10.7 Å². The second-order valence-corrected chi connectivity index (χ2v) is 2.07. The Morgan fingerprint density at radius 1 is 1.46 bits per heavy atom. The molecule has 72 valence electrons. The first-order valence-electron chi connectivity index (χ1n) is 4.66. The molecule has 1 rings (SSSR count). The normalized spacial score (nSPS) is 12.2. The summed E-state index contributed by atoms with van der Waals surface area (Å²) in [5, 5.41) is 18.3. The first kappa shape index (κ1) is 7.17. The summed E-state index contributed by atoms with van der Waals surface area (Å²) in [6.45, 7) is -0.429. The average Bonchev–Trinajstić information content (AvgIpc) is 2.23. The molecule has 1 aromatic carbocycles. The molecule has 0 amide bonds. The summed E-state index contributed by atoms with van der Waals surface area (Å²) in [6.07, 6.45) is 0. The number of rotatable bonds is 2. The number of aromatic hydroxyl groups is 2. The van der Waals surface area contributed by atoms with Crippen molar-refractivity contribution in [3.05, 3.63) is 23.7 Å². The van der Waals surface area contributed by atoms with Crippen molar-refractivity contribution in [1.82, 2.24) is 0 Å². The van der Waals surface area contributed by atoms with Crippen molar-refractivity contribution in [3.63, 3.8) is 0 Å². The second-order valence-electron chi connectivity index (χ2n) is 2.07. The fourth-order valence-corrected chi connectivity index (χ4v) is 0.631. The Balaban J connectivity index is 0.00000225. The highest BCUT2D eigenvalue weighted by Crippen LogP contribution is 2.24. The van der Waals surface area contributed by atoms with E-state index in [1.807, 2.05) is 0 Å². The lowest BCUT2D eigenvalue weighted by molar-refractivity contribution is 0.100. The number of hydrogen-bond acceptors (Lipinski definition) is 4. The zero-order valence-corrected chi connectivity index (χ0v) is 7.31. The first-order valence-corrected chi connectivity index (χ1v) is 3.16. The third-order valence-corrected chi connectivity index (χ3v) is 1.24. The van der Waals surface area contributed by atoms with Crippen LogP contribution < -0.4 is 5.73 Å². The Hall–Kier alpha value is -1.26. The monoisotopic (exact) mass is 206 g/mol. The van der Waals surface area contributed by atoms with Crippen molar-refractivity contribution in [3.8, 4) is 11.5 Å². The molecule has 0 heterocycles. The van der Waals surface area contributed by atoms with Gasteiger partial charge < -0.3 is 15.9 Å². The van der Waals surface area contributed by atoms with Crippen LogP contribution in [0.15, 0.2) is 18.1 Å². The molecule has 5 heteroatoms. The van der Waals surface area contributed by atoms with Gasteiger partial charge in [0.1, 0.15) is 0 Å². The van der Waals surface area contributed by atoms with Gasteiger partial charge in [0.2, 0.25) is 0 Å². The number of carbonyl (C=O) groups excluding carboxylic acids is 1. The first-order chi connectivity index (χ1) is 6.91. The lowest BCUT2D eigenvalue weighted by atomic mass is 10.1. The van der Waals surface area contributed by atoms with Crippen LogP contribution >= 0.6 is 12.4 Å². The van der Waals surface area contributed by atoms with Crippen molar-refractivity contribution in [2.45, 2.75) is 0 Å². The van der Waals surface area contributed by atoms with Crippen molar-refractivity contribution in [1.29, 1.82) is 0 Å². The maximum Gasteiger partial charge on any atom is 0.176 e. The molecule has 13 heavy (non-hydrogen) atoms. The summed E-state index contributed by atoms with van der Waals surface area (Å²) >= 11 is 0. The molecule has 0 unspecified atom stereocenters. The molecule has 4 nitrogen and oxygen atoms in total. The van der Waals surface area contributed by atoms with E-state index in [1.165, 1.54) is 0 Å². The van der Waals surface area contributed by atoms with Gasteiger partial charge >= 0.3 is 0 Å². The van der Waals surface area contributed by atoms with Gasteiger partial charge in [-0.15, -0.1) is 12.4 Å². The van der Waals surface area contributed by atoms with Crippen LogP contribution in [0, 0.1) is 0 Å². The summed E-state index contributed by atoms with van der Waals surface area (Å²) < 4.78 is 21.9. The van der Waals surface area contributed by atoms with Gasteiger partial charge in [-0.3, -0.25) is 4.79 Å². The number of nitrogens with two attached hydrogens (primary N) is 1. The average molecular weight is 207 g/mol. The lowest BCUT2D eigenvalue weighted by Gasteiger charge is -2.00. The number of carbonyl (C=O) groups is 1. The highest BCUT2D eigenvalue weighted by atomic mass is 35.5. The van der Waals surface area contributed by atoms with Crippen LogP contribution in [0.2, 0.25) is 0 Å². The van der Waals surface area contributed by atoms with Crippen molar-refractivity contribution in [2.75, 3.05) is 6.54 Å². The topological polar surface area (TPSA) is 83.6 Å². The Bertz CT molecular complexity index is 410. The number of Topliss-reactive ketones (excluding diaryl/α,β-unsaturated/α-hetero) is 1. The van der Waals surface area contributed by atoms with Gasteiger partial charge in [0.15, 0.2) is 17.3 Å². The van der Waals surface area contributed by atoms with Crippen molar-refractivity contribution >= 4 is 18.2 Å². The molecule has 0 aromatic heterocycles. The van der Waals surface area contributed by atoms with E-state index in [2.05, 4.69) is 0 Å². The van der Waals surface area contributed by atoms with Gasteiger partial charge in [-0.2, -0.15) is 0 Å². The maximum atomic E-state index is 11.2. The third-order valence-electron chi connectivity index (χ3n) is 1.24. The number of halogens is 1. The van der Waals surface area contributed by atoms with Gasteiger partial charge in [-0.05, 0) is 18.1 Å². The number of benzene rings is 1. The number of phenolic OH excluding ortho intramolecular Hbond substituents is 2.